The summed E-state index contributed by atoms with van der Waals surface area (Å²) in [6, 6.07) is 0. The van der Waals surface area contributed by atoms with Gasteiger partial charge in [-0.05, 0) is 6.42 Å². The second-order valence-corrected chi connectivity index (χ2v) is 1.72. The van der Waals surface area contributed by atoms with Crippen molar-refractivity contribution in [3.8, 4) is 0 Å². The average Bonchev–Trinajstić information content (AvgIpc) is 1.78. The molecule has 0 saturated carbocycles. The van der Waals surface area contributed by atoms with Crippen LogP contribution < -0.4 is 0 Å². The summed E-state index contributed by atoms with van der Waals surface area (Å²) in [5, 5.41) is 0. The van der Waals surface area contributed by atoms with E-state index in [4.69, 9.17) is 0 Å². The topological polar surface area (TPSA) is 9.23 Å². The van der Waals surface area contributed by atoms with Gasteiger partial charge >= 0.3 is 6.18 Å². The van der Waals surface area contributed by atoms with Crippen molar-refractivity contribution < 1.29 is 17.9 Å². The summed E-state index contributed by atoms with van der Waals surface area (Å²) >= 11 is 0. The van der Waals surface area contributed by atoms with E-state index in [1.54, 1.807) is 0 Å². The molecule has 0 bridgehead atoms. The lowest BCUT2D eigenvalue weighted by molar-refractivity contribution is -0.0816. The fourth-order valence-corrected chi connectivity index (χ4v) is 0.311. The zero-order valence-corrected chi connectivity index (χ0v) is 5.61. The minimum absolute atomic E-state index is 0.0721. The van der Waals surface area contributed by atoms with Crippen LogP contribution in [-0.2, 0) is 4.74 Å². The Balaban J connectivity index is 3.37. The third-order valence-electron chi connectivity index (χ3n) is 0.675. The van der Waals surface area contributed by atoms with Gasteiger partial charge in [0.2, 0.25) is 0 Å². The first-order chi connectivity index (χ1) is 4.56. The maximum Gasteiger partial charge on any atom is 0.412 e. The molecule has 0 fully saturated rings. The number of halogens is 3. The van der Waals surface area contributed by atoms with Crippen LogP contribution in [0.3, 0.4) is 0 Å². The Hall–Kier alpha value is -0.670. The molecule has 0 unspecified atom stereocenters. The van der Waals surface area contributed by atoms with Gasteiger partial charge in [0.25, 0.3) is 0 Å². The molecule has 0 rings (SSSR count). The SMILES string of the molecule is CCCOC=CC(F)(F)F. The van der Waals surface area contributed by atoms with Crippen LogP contribution in [0.5, 0.6) is 0 Å². The zero-order chi connectivity index (χ0) is 8.04. The van der Waals surface area contributed by atoms with E-state index >= 15 is 0 Å². The van der Waals surface area contributed by atoms with Gasteiger partial charge in [-0.2, -0.15) is 13.2 Å². The highest BCUT2D eigenvalue weighted by molar-refractivity contribution is 4.82. The second-order valence-electron chi connectivity index (χ2n) is 1.72. The lowest BCUT2D eigenvalue weighted by Crippen LogP contribution is -2.01. The van der Waals surface area contributed by atoms with E-state index in [0.29, 0.717) is 19.3 Å². The second kappa shape index (κ2) is 4.19. The van der Waals surface area contributed by atoms with Gasteiger partial charge in [0.15, 0.2) is 0 Å². The molecule has 0 aliphatic carbocycles. The van der Waals surface area contributed by atoms with E-state index < -0.39 is 6.18 Å². The molecular weight excluding hydrogens is 145 g/mol. The van der Waals surface area contributed by atoms with Crippen molar-refractivity contribution in [2.45, 2.75) is 19.5 Å². The lowest BCUT2D eigenvalue weighted by atomic mass is 10.5. The van der Waals surface area contributed by atoms with Crippen molar-refractivity contribution in [2.75, 3.05) is 6.61 Å². The molecule has 60 valence electrons. The van der Waals surface area contributed by atoms with Gasteiger partial charge in [0, 0.05) is 0 Å². The molecule has 0 aromatic rings. The fraction of sp³-hybridized carbons (Fsp3) is 0.667. The standard InChI is InChI=1S/C6H9F3O/c1-2-4-10-5-3-6(7,8)9/h3,5H,2,4H2,1H3. The smallest absolute Gasteiger partial charge is 0.412 e. The molecule has 0 heterocycles. The third kappa shape index (κ3) is 7.33. The third-order valence-corrected chi connectivity index (χ3v) is 0.675. The van der Waals surface area contributed by atoms with Crippen molar-refractivity contribution >= 4 is 0 Å². The number of ether oxygens (including phenoxy) is 1. The average molecular weight is 154 g/mol. The van der Waals surface area contributed by atoms with Gasteiger partial charge in [-0.15, -0.1) is 0 Å². The van der Waals surface area contributed by atoms with Crippen LogP contribution in [0.2, 0.25) is 0 Å². The Labute approximate surface area is 57.5 Å². The van der Waals surface area contributed by atoms with Crippen molar-refractivity contribution in [3.05, 3.63) is 12.3 Å². The van der Waals surface area contributed by atoms with Crippen LogP contribution in [0.15, 0.2) is 12.3 Å². The van der Waals surface area contributed by atoms with Crippen molar-refractivity contribution in [3.63, 3.8) is 0 Å². The summed E-state index contributed by atoms with van der Waals surface area (Å²) in [6.45, 7) is 2.15. The Morgan fingerprint density at radius 2 is 2.00 bits per heavy atom. The molecule has 0 N–H and O–H groups in total. The highest BCUT2D eigenvalue weighted by atomic mass is 19.4. The summed E-state index contributed by atoms with van der Waals surface area (Å²) in [5.74, 6) is 0. The molecule has 1 nitrogen and oxygen atoms in total. The number of hydrogen-bond donors (Lipinski definition) is 0. The van der Waals surface area contributed by atoms with Crippen LogP contribution >= 0.6 is 0 Å². The molecule has 0 spiro atoms. The molecule has 0 amide bonds. The normalized spacial score (nSPS) is 12.4. The molecule has 0 aliphatic rings. The Morgan fingerprint density at radius 1 is 1.40 bits per heavy atom. The molecule has 0 radical (unpaired) electrons. The van der Waals surface area contributed by atoms with Gasteiger partial charge in [-0.3, -0.25) is 0 Å². The van der Waals surface area contributed by atoms with E-state index in [1.165, 1.54) is 0 Å². The summed E-state index contributed by atoms with van der Waals surface area (Å²) in [7, 11) is 0. The highest BCUT2D eigenvalue weighted by Gasteiger charge is 2.22. The summed E-state index contributed by atoms with van der Waals surface area (Å²) in [4.78, 5) is 0. The monoisotopic (exact) mass is 154 g/mol. The number of hydrogen-bond acceptors (Lipinski definition) is 1. The fourth-order valence-electron chi connectivity index (χ4n) is 0.311. The van der Waals surface area contributed by atoms with Crippen LogP contribution in [0.1, 0.15) is 13.3 Å². The van der Waals surface area contributed by atoms with E-state index in [0.717, 1.165) is 0 Å². The molecule has 0 aromatic heterocycles. The van der Waals surface area contributed by atoms with Gasteiger partial charge in [0.1, 0.15) is 0 Å². The quantitative estimate of drug-likeness (QED) is 0.448. The molecule has 10 heavy (non-hydrogen) atoms. The van der Waals surface area contributed by atoms with Crippen LogP contribution in [0, 0.1) is 0 Å². The number of rotatable bonds is 3. The minimum atomic E-state index is -4.26. The van der Waals surface area contributed by atoms with Gasteiger partial charge in [-0.25, -0.2) is 0 Å². The molecule has 4 heteroatoms. The maximum atomic E-state index is 11.3. The highest BCUT2D eigenvalue weighted by Crippen LogP contribution is 2.15. The zero-order valence-electron chi connectivity index (χ0n) is 5.61. The van der Waals surface area contributed by atoms with E-state index in [1.807, 2.05) is 6.92 Å². The van der Waals surface area contributed by atoms with Crippen molar-refractivity contribution in [2.24, 2.45) is 0 Å². The van der Waals surface area contributed by atoms with E-state index in [-0.39, 0.29) is 6.08 Å². The Kier molecular flexibility index (Phi) is 3.91. The van der Waals surface area contributed by atoms with E-state index in [9.17, 15) is 13.2 Å². The largest absolute Gasteiger partial charge is 0.501 e. The van der Waals surface area contributed by atoms with Crippen LogP contribution in [0.25, 0.3) is 0 Å². The minimum Gasteiger partial charge on any atom is -0.501 e. The Bertz CT molecular complexity index is 106. The van der Waals surface area contributed by atoms with Crippen molar-refractivity contribution in [1.29, 1.82) is 0 Å². The van der Waals surface area contributed by atoms with Crippen LogP contribution in [-0.4, -0.2) is 12.8 Å². The summed E-state index contributed by atoms with van der Waals surface area (Å²) in [5.41, 5.74) is 0. The van der Waals surface area contributed by atoms with Crippen LogP contribution in [0.4, 0.5) is 13.2 Å². The Morgan fingerprint density at radius 3 is 2.40 bits per heavy atom. The predicted octanol–water partition coefficient (Wildman–Crippen LogP) is 2.49. The molecule has 0 aromatic carbocycles. The first-order valence-corrected chi connectivity index (χ1v) is 2.92. The maximum absolute atomic E-state index is 11.3. The van der Waals surface area contributed by atoms with E-state index in [2.05, 4.69) is 4.74 Å². The van der Waals surface area contributed by atoms with Gasteiger partial charge in [0.05, 0.1) is 18.9 Å². The predicted molar refractivity (Wildman–Crippen MR) is 31.4 cm³/mol. The first-order valence-electron chi connectivity index (χ1n) is 2.92. The molecule has 0 saturated heterocycles. The molecular formula is C6H9F3O. The lowest BCUT2D eigenvalue weighted by Gasteiger charge is -1.98. The summed E-state index contributed by atoms with van der Waals surface area (Å²) in [6.07, 6.45) is -2.80. The number of alkyl halides is 3. The number of allylic oxidation sites excluding steroid dienone is 1. The molecule has 0 aliphatic heterocycles. The first kappa shape index (κ1) is 9.33. The van der Waals surface area contributed by atoms with Gasteiger partial charge in [-0.1, -0.05) is 6.92 Å². The van der Waals surface area contributed by atoms with Crippen molar-refractivity contribution in [1.82, 2.24) is 0 Å². The molecule has 0 atom stereocenters. The summed E-state index contributed by atoms with van der Waals surface area (Å²) < 4.78 is 38.4. The van der Waals surface area contributed by atoms with Gasteiger partial charge < -0.3 is 4.74 Å².